The first-order valence-corrected chi connectivity index (χ1v) is 41.6. The van der Waals surface area contributed by atoms with E-state index in [1.165, 1.54) is 302 Å². The van der Waals surface area contributed by atoms with E-state index in [9.17, 15) is 19.5 Å². The highest BCUT2D eigenvalue weighted by atomic mass is 16.7. The van der Waals surface area contributed by atoms with E-state index in [1.54, 1.807) is 0 Å². The number of carbonyl (C=O) groups is 3. The Kier molecular flexibility index (Phi) is 74.8. The van der Waals surface area contributed by atoms with Gasteiger partial charge in [-0.25, -0.2) is 4.79 Å². The molecule has 96 heavy (non-hydrogen) atoms. The number of carboxylic acid groups (broad SMARTS) is 1. The minimum Gasteiger partial charge on any atom is -0.477 e. The average molecular weight is 1350 g/mol. The van der Waals surface area contributed by atoms with Gasteiger partial charge in [-0.2, -0.15) is 0 Å². The molecular weight excluding hydrogens is 1190 g/mol. The molecule has 0 saturated heterocycles. The molecule has 1 N–H and O–H groups in total. The van der Waals surface area contributed by atoms with Crippen molar-refractivity contribution in [3.05, 3.63) is 72.9 Å². The van der Waals surface area contributed by atoms with Crippen LogP contribution in [0.5, 0.6) is 0 Å². The van der Waals surface area contributed by atoms with E-state index in [0.29, 0.717) is 17.4 Å². The molecule has 0 radical (unpaired) electrons. The number of allylic oxidation sites excluding steroid dienone is 12. The number of carbonyl (C=O) groups excluding carboxylic acids is 2. The summed E-state index contributed by atoms with van der Waals surface area (Å²) in [5, 5.41) is 9.78. The van der Waals surface area contributed by atoms with Crippen molar-refractivity contribution in [3.8, 4) is 0 Å². The molecule has 0 aliphatic rings. The normalized spacial score (nSPS) is 13.0. The van der Waals surface area contributed by atoms with Crippen molar-refractivity contribution in [2.45, 2.75) is 418 Å². The minimum atomic E-state index is -1.51. The zero-order valence-electron chi connectivity index (χ0n) is 64.3. The number of likely N-dealkylation sites (N-methyl/N-ethyl adjacent to an activating group) is 1. The largest absolute Gasteiger partial charge is 0.477 e. The van der Waals surface area contributed by atoms with E-state index < -0.39 is 18.4 Å². The third-order valence-electron chi connectivity index (χ3n) is 18.7. The Hall–Kier alpha value is -3.27. The number of carboxylic acids is 1. The minimum absolute atomic E-state index is 0.176. The van der Waals surface area contributed by atoms with Crippen molar-refractivity contribution < 1.29 is 42.9 Å². The molecule has 0 heterocycles. The number of hydrogen-bond donors (Lipinski definition) is 1. The van der Waals surface area contributed by atoms with Crippen molar-refractivity contribution in [2.24, 2.45) is 0 Å². The zero-order chi connectivity index (χ0) is 69.7. The van der Waals surface area contributed by atoms with Crippen molar-refractivity contribution >= 4 is 17.9 Å². The Morgan fingerprint density at radius 1 is 0.323 bits per heavy atom. The monoisotopic (exact) mass is 1350 g/mol. The summed E-state index contributed by atoms with van der Waals surface area (Å²) in [7, 11) is 6.00. The predicted octanol–water partition coefficient (Wildman–Crippen LogP) is 26.8. The second-order valence-electron chi connectivity index (χ2n) is 29.4. The molecule has 0 aliphatic carbocycles. The zero-order valence-corrected chi connectivity index (χ0v) is 64.3. The molecule has 0 aromatic heterocycles. The Labute approximate surface area is 596 Å². The molecule has 2 unspecified atom stereocenters. The van der Waals surface area contributed by atoms with Gasteiger partial charge in [0.1, 0.15) is 13.2 Å². The molecule has 0 aliphatic heterocycles. The first-order chi connectivity index (χ1) is 47.1. The fourth-order valence-corrected chi connectivity index (χ4v) is 12.4. The number of quaternary nitrogens is 1. The van der Waals surface area contributed by atoms with E-state index >= 15 is 0 Å². The highest BCUT2D eigenvalue weighted by Gasteiger charge is 2.25. The van der Waals surface area contributed by atoms with Gasteiger partial charge >= 0.3 is 17.9 Å². The van der Waals surface area contributed by atoms with Gasteiger partial charge in [0.2, 0.25) is 0 Å². The van der Waals surface area contributed by atoms with E-state index in [0.717, 1.165) is 77.0 Å². The summed E-state index contributed by atoms with van der Waals surface area (Å²) in [5.74, 6) is -1.97. The summed E-state index contributed by atoms with van der Waals surface area (Å²) in [6.45, 7) is 4.84. The topological polar surface area (TPSA) is 108 Å². The highest BCUT2D eigenvalue weighted by molar-refractivity contribution is 5.71. The molecule has 560 valence electrons. The standard InChI is InChI=1S/C87H159NO8/c1-6-8-10-12-14-16-18-20-22-24-26-28-30-32-34-36-38-39-40-41-42-43-44-45-46-47-48-50-52-54-56-58-60-62-64-66-68-70-72-74-76-78-85(90)96-83(82-95-87(86(91)92)93-80-79-88(3,4)5)81-94-84(89)77-75-73-71-69-67-65-63-61-59-57-55-53-51-49-37-35-33-31-29-27-25-23-21-19-17-15-13-11-9-7-2/h8,10,14,16,20,22,26,28,32,34,38-39,83,87H,6-7,9,11-13,15,17-19,21,23-25,27,29-31,33,35-37,40-82H2,1-5H3/p+1/b10-8-,16-14-,22-20-,28-26-,34-32-,39-38-. The van der Waals surface area contributed by atoms with Crippen LogP contribution in [0.15, 0.2) is 72.9 Å². The number of rotatable bonds is 78. The third kappa shape index (κ3) is 78.1. The highest BCUT2D eigenvalue weighted by Crippen LogP contribution is 2.20. The molecule has 0 aromatic rings. The van der Waals surface area contributed by atoms with Crippen LogP contribution in [0.25, 0.3) is 0 Å². The van der Waals surface area contributed by atoms with Crippen LogP contribution in [0.1, 0.15) is 406 Å². The lowest BCUT2D eigenvalue weighted by Crippen LogP contribution is -2.40. The van der Waals surface area contributed by atoms with Gasteiger partial charge in [-0.1, -0.05) is 401 Å². The van der Waals surface area contributed by atoms with E-state index in [-0.39, 0.29) is 38.2 Å². The SMILES string of the molecule is CC/C=C\C/C=C\C/C=C\C/C=C\C/C=C\C/C=C\CCCCCCCCCCCCCCCCCCCCCCCCC(=O)OC(COC(=O)CCCCCCCCCCCCCCCCCCCCCCCCCCCCCCCC)COC(OCC[N+](C)(C)C)C(=O)O. The Balaban J connectivity index is 3.95. The molecule has 9 heteroatoms. The maximum Gasteiger partial charge on any atom is 0.361 e. The number of hydrogen-bond acceptors (Lipinski definition) is 7. The van der Waals surface area contributed by atoms with Crippen LogP contribution < -0.4 is 0 Å². The third-order valence-corrected chi connectivity index (χ3v) is 18.7. The molecular formula is C87H160NO8+. The van der Waals surface area contributed by atoms with Gasteiger partial charge in [0, 0.05) is 12.8 Å². The number of nitrogens with zero attached hydrogens (tertiary/aromatic N) is 1. The van der Waals surface area contributed by atoms with Crippen LogP contribution in [0.4, 0.5) is 0 Å². The summed E-state index contributed by atoms with van der Waals surface area (Å²) in [5.41, 5.74) is 0. The Morgan fingerprint density at radius 2 is 0.594 bits per heavy atom. The van der Waals surface area contributed by atoms with Gasteiger partial charge in [-0.05, 0) is 64.2 Å². The first-order valence-electron chi connectivity index (χ1n) is 41.6. The average Bonchev–Trinajstić information content (AvgIpc) is 2.59. The summed E-state index contributed by atoms with van der Waals surface area (Å²) in [4.78, 5) is 37.8. The second-order valence-corrected chi connectivity index (χ2v) is 29.4. The molecule has 9 nitrogen and oxygen atoms in total. The summed E-state index contributed by atoms with van der Waals surface area (Å²) in [6.07, 6.45) is 102. The maximum atomic E-state index is 13.0. The number of unbranched alkanes of at least 4 members (excludes halogenated alkanes) is 51. The van der Waals surface area contributed by atoms with E-state index in [1.807, 2.05) is 21.1 Å². The van der Waals surface area contributed by atoms with E-state index in [4.69, 9.17) is 18.9 Å². The van der Waals surface area contributed by atoms with Gasteiger partial charge in [0.15, 0.2) is 6.10 Å². The van der Waals surface area contributed by atoms with Crippen LogP contribution in [0, 0.1) is 0 Å². The van der Waals surface area contributed by atoms with Crippen molar-refractivity contribution in [1.82, 2.24) is 0 Å². The van der Waals surface area contributed by atoms with Crippen LogP contribution in [-0.2, 0) is 33.3 Å². The molecule has 0 rings (SSSR count). The van der Waals surface area contributed by atoms with Crippen molar-refractivity contribution in [1.29, 1.82) is 0 Å². The van der Waals surface area contributed by atoms with E-state index in [2.05, 4.69) is 86.8 Å². The van der Waals surface area contributed by atoms with Gasteiger partial charge in [-0.3, -0.25) is 9.59 Å². The van der Waals surface area contributed by atoms with Crippen LogP contribution >= 0.6 is 0 Å². The quantitative estimate of drug-likeness (QED) is 0.0211. The summed E-state index contributed by atoms with van der Waals surface area (Å²) >= 11 is 0. The second kappa shape index (κ2) is 77.5. The number of esters is 2. The molecule has 0 fully saturated rings. The Bertz CT molecular complexity index is 1810. The van der Waals surface area contributed by atoms with Crippen molar-refractivity contribution in [2.75, 3.05) is 47.5 Å². The molecule has 0 saturated carbocycles. The fourth-order valence-electron chi connectivity index (χ4n) is 12.4. The summed E-state index contributed by atoms with van der Waals surface area (Å²) < 4.78 is 23.1. The summed E-state index contributed by atoms with van der Waals surface area (Å²) in [6, 6.07) is 0. The number of ether oxygens (including phenoxy) is 4. The van der Waals surface area contributed by atoms with Gasteiger partial charge in [0.05, 0.1) is 34.4 Å². The van der Waals surface area contributed by atoms with Gasteiger partial charge in [-0.15, -0.1) is 0 Å². The maximum absolute atomic E-state index is 13.0. The van der Waals surface area contributed by atoms with Crippen LogP contribution in [-0.4, -0.2) is 87.4 Å². The lowest BCUT2D eigenvalue weighted by atomic mass is 10.0. The molecule has 0 bridgehead atoms. The van der Waals surface area contributed by atoms with Crippen LogP contribution in [0.3, 0.4) is 0 Å². The fraction of sp³-hybridized carbons (Fsp3) is 0.828. The smallest absolute Gasteiger partial charge is 0.361 e. The molecule has 0 aromatic carbocycles. The molecule has 2 atom stereocenters. The van der Waals surface area contributed by atoms with Crippen molar-refractivity contribution in [3.63, 3.8) is 0 Å². The number of aliphatic carboxylic acids is 1. The predicted molar refractivity (Wildman–Crippen MR) is 415 cm³/mol. The molecule has 0 spiro atoms. The lowest BCUT2D eigenvalue weighted by molar-refractivity contribution is -0.870. The lowest BCUT2D eigenvalue weighted by Gasteiger charge is -2.25. The first kappa shape index (κ1) is 92.7. The van der Waals surface area contributed by atoms with Gasteiger partial charge in [0.25, 0.3) is 6.29 Å². The van der Waals surface area contributed by atoms with Gasteiger partial charge < -0.3 is 28.5 Å². The Morgan fingerprint density at radius 3 is 0.885 bits per heavy atom. The van der Waals surface area contributed by atoms with Crippen LogP contribution in [0.2, 0.25) is 0 Å². The molecule has 0 amide bonds.